The van der Waals surface area contributed by atoms with Gasteiger partial charge in [0.1, 0.15) is 18.4 Å². The van der Waals surface area contributed by atoms with Crippen molar-refractivity contribution in [3.05, 3.63) is 36.9 Å². The highest BCUT2D eigenvalue weighted by Gasteiger charge is 2.04. The van der Waals surface area contributed by atoms with Crippen molar-refractivity contribution in [3.63, 3.8) is 0 Å². The van der Waals surface area contributed by atoms with E-state index in [4.69, 9.17) is 9.84 Å². The van der Waals surface area contributed by atoms with Crippen LogP contribution in [0.4, 0.5) is 5.69 Å². The molecule has 0 saturated heterocycles. The van der Waals surface area contributed by atoms with Crippen LogP contribution in [-0.2, 0) is 16.1 Å². The Morgan fingerprint density at radius 3 is 2.65 bits per heavy atom. The number of carbonyl (C=O) groups is 2. The molecule has 0 fully saturated rings. The summed E-state index contributed by atoms with van der Waals surface area (Å²) in [6.45, 7) is 0.812. The lowest BCUT2D eigenvalue weighted by Crippen LogP contribution is -2.14. The predicted molar refractivity (Wildman–Crippen MR) is 82.1 cm³/mol. The smallest absolute Gasteiger partial charge is 0.303 e. The molecular weight excluding hydrogens is 300 g/mol. The van der Waals surface area contributed by atoms with Gasteiger partial charge in [0.25, 0.3) is 0 Å². The normalized spacial score (nSPS) is 10.3. The van der Waals surface area contributed by atoms with E-state index in [0.29, 0.717) is 37.4 Å². The number of hydrogen-bond acceptors (Lipinski definition) is 5. The summed E-state index contributed by atoms with van der Waals surface area (Å²) in [4.78, 5) is 26.0. The monoisotopic (exact) mass is 318 g/mol. The third-order valence-electron chi connectivity index (χ3n) is 2.98. The van der Waals surface area contributed by atoms with Gasteiger partial charge in [0.15, 0.2) is 0 Å². The van der Waals surface area contributed by atoms with E-state index in [1.54, 1.807) is 35.3 Å². The molecule has 0 aliphatic rings. The fraction of sp³-hybridized carbons (Fsp3) is 0.333. The van der Waals surface area contributed by atoms with Crippen LogP contribution in [0.15, 0.2) is 36.9 Å². The molecule has 1 amide bonds. The Morgan fingerprint density at radius 2 is 2.00 bits per heavy atom. The standard InChI is InChI=1S/C15H18N4O4/c20-14(7-8-19-11-16-10-17-19)18-12-3-5-13(6-4-12)23-9-1-2-15(21)22/h3-6,10-11H,1-2,7-9H2,(H,18,20)(H,21,22). The number of aliphatic carboxylic acids is 1. The topological polar surface area (TPSA) is 106 Å². The second-order valence-electron chi connectivity index (χ2n) is 4.83. The minimum absolute atomic E-state index is 0.0832. The molecule has 122 valence electrons. The van der Waals surface area contributed by atoms with Crippen LogP contribution < -0.4 is 10.1 Å². The molecule has 1 aromatic heterocycles. The van der Waals surface area contributed by atoms with Gasteiger partial charge in [-0.1, -0.05) is 0 Å². The average molecular weight is 318 g/mol. The number of aryl methyl sites for hydroxylation is 1. The maximum atomic E-state index is 11.8. The van der Waals surface area contributed by atoms with Crippen molar-refractivity contribution < 1.29 is 19.4 Å². The van der Waals surface area contributed by atoms with E-state index in [9.17, 15) is 9.59 Å². The Kier molecular flexibility index (Phi) is 6.10. The fourth-order valence-corrected chi connectivity index (χ4v) is 1.84. The van der Waals surface area contributed by atoms with Gasteiger partial charge >= 0.3 is 5.97 Å². The molecule has 2 aromatic rings. The molecule has 2 rings (SSSR count). The SMILES string of the molecule is O=C(O)CCCOc1ccc(NC(=O)CCn2cncn2)cc1. The van der Waals surface area contributed by atoms with Gasteiger partial charge in [-0.2, -0.15) is 5.10 Å². The Labute approximate surface area is 133 Å². The maximum Gasteiger partial charge on any atom is 0.303 e. The van der Waals surface area contributed by atoms with Gasteiger partial charge < -0.3 is 15.2 Å². The van der Waals surface area contributed by atoms with Crippen molar-refractivity contribution in [2.75, 3.05) is 11.9 Å². The van der Waals surface area contributed by atoms with Gasteiger partial charge in [-0.3, -0.25) is 14.3 Å². The second-order valence-corrected chi connectivity index (χ2v) is 4.83. The molecule has 0 saturated carbocycles. The quantitative estimate of drug-likeness (QED) is 0.679. The Balaban J connectivity index is 1.71. The van der Waals surface area contributed by atoms with Crippen LogP contribution in [0.25, 0.3) is 0 Å². The lowest BCUT2D eigenvalue weighted by atomic mass is 10.3. The molecule has 0 aliphatic heterocycles. The number of nitrogens with zero attached hydrogens (tertiary/aromatic N) is 3. The van der Waals surface area contributed by atoms with Crippen molar-refractivity contribution in [1.29, 1.82) is 0 Å². The van der Waals surface area contributed by atoms with Gasteiger partial charge in [-0.15, -0.1) is 0 Å². The summed E-state index contributed by atoms with van der Waals surface area (Å²) in [6.07, 6.45) is 3.82. The first-order chi connectivity index (χ1) is 11.1. The third-order valence-corrected chi connectivity index (χ3v) is 2.98. The van der Waals surface area contributed by atoms with E-state index in [0.717, 1.165) is 0 Å². The van der Waals surface area contributed by atoms with Crippen LogP contribution in [0.1, 0.15) is 19.3 Å². The minimum Gasteiger partial charge on any atom is -0.494 e. The van der Waals surface area contributed by atoms with Crippen molar-refractivity contribution in [1.82, 2.24) is 14.8 Å². The molecule has 0 bridgehead atoms. The van der Waals surface area contributed by atoms with E-state index < -0.39 is 5.97 Å². The number of rotatable bonds is 9. The first-order valence-corrected chi connectivity index (χ1v) is 7.20. The molecule has 8 heteroatoms. The highest BCUT2D eigenvalue weighted by Crippen LogP contribution is 2.16. The van der Waals surface area contributed by atoms with E-state index in [2.05, 4.69) is 15.4 Å². The number of carboxylic acids is 1. The number of benzene rings is 1. The molecule has 0 radical (unpaired) electrons. The zero-order valence-electron chi connectivity index (χ0n) is 12.5. The summed E-state index contributed by atoms with van der Waals surface area (Å²) < 4.78 is 7.01. The first kappa shape index (κ1) is 16.5. The van der Waals surface area contributed by atoms with Gasteiger partial charge in [-0.05, 0) is 30.7 Å². The van der Waals surface area contributed by atoms with Crippen LogP contribution in [0.2, 0.25) is 0 Å². The maximum absolute atomic E-state index is 11.8. The van der Waals surface area contributed by atoms with Crippen molar-refractivity contribution >= 4 is 17.6 Å². The predicted octanol–water partition coefficient (Wildman–Crippen LogP) is 1.55. The Bertz CT molecular complexity index is 625. The lowest BCUT2D eigenvalue weighted by molar-refractivity contribution is -0.137. The summed E-state index contributed by atoms with van der Waals surface area (Å²) in [5.41, 5.74) is 0.673. The van der Waals surface area contributed by atoms with E-state index in [1.807, 2.05) is 0 Å². The summed E-state index contributed by atoms with van der Waals surface area (Å²) >= 11 is 0. The zero-order chi connectivity index (χ0) is 16.5. The number of carboxylic acid groups (broad SMARTS) is 1. The largest absolute Gasteiger partial charge is 0.494 e. The van der Waals surface area contributed by atoms with Crippen molar-refractivity contribution in [2.45, 2.75) is 25.8 Å². The fourth-order valence-electron chi connectivity index (χ4n) is 1.84. The average Bonchev–Trinajstić information content (AvgIpc) is 3.04. The van der Waals surface area contributed by atoms with E-state index in [1.165, 1.54) is 6.33 Å². The number of amides is 1. The Morgan fingerprint density at radius 1 is 1.22 bits per heavy atom. The van der Waals surface area contributed by atoms with Crippen molar-refractivity contribution in [2.24, 2.45) is 0 Å². The molecule has 0 spiro atoms. The van der Waals surface area contributed by atoms with Crippen LogP contribution in [0.5, 0.6) is 5.75 Å². The van der Waals surface area contributed by atoms with Crippen LogP contribution in [0, 0.1) is 0 Å². The summed E-state index contributed by atoms with van der Waals surface area (Å²) in [7, 11) is 0. The molecule has 8 nitrogen and oxygen atoms in total. The lowest BCUT2D eigenvalue weighted by Gasteiger charge is -2.08. The minimum atomic E-state index is -0.836. The number of aromatic nitrogens is 3. The van der Waals surface area contributed by atoms with Gasteiger partial charge in [0.05, 0.1) is 13.2 Å². The highest BCUT2D eigenvalue weighted by molar-refractivity contribution is 5.90. The van der Waals surface area contributed by atoms with Gasteiger partial charge in [0, 0.05) is 18.5 Å². The van der Waals surface area contributed by atoms with E-state index >= 15 is 0 Å². The van der Waals surface area contributed by atoms with Gasteiger partial charge in [-0.25, -0.2) is 4.98 Å². The van der Waals surface area contributed by atoms with E-state index in [-0.39, 0.29) is 12.3 Å². The Hall–Kier alpha value is -2.90. The number of hydrogen-bond donors (Lipinski definition) is 2. The zero-order valence-corrected chi connectivity index (χ0v) is 12.5. The first-order valence-electron chi connectivity index (χ1n) is 7.20. The number of nitrogens with one attached hydrogen (secondary N) is 1. The number of carbonyl (C=O) groups excluding carboxylic acids is 1. The van der Waals surface area contributed by atoms with Crippen molar-refractivity contribution in [3.8, 4) is 5.75 Å². The van der Waals surface area contributed by atoms with Crippen LogP contribution in [0.3, 0.4) is 0 Å². The second kappa shape index (κ2) is 8.52. The summed E-state index contributed by atoms with van der Waals surface area (Å²) in [5.74, 6) is -0.316. The molecule has 1 aromatic carbocycles. The highest BCUT2D eigenvalue weighted by atomic mass is 16.5. The summed E-state index contributed by atoms with van der Waals surface area (Å²) in [6, 6.07) is 6.93. The summed E-state index contributed by atoms with van der Waals surface area (Å²) in [5, 5.41) is 15.2. The molecular formula is C15H18N4O4. The molecule has 2 N–H and O–H groups in total. The number of anilines is 1. The van der Waals surface area contributed by atoms with Crippen LogP contribution in [-0.4, -0.2) is 38.4 Å². The molecule has 0 aliphatic carbocycles. The molecule has 0 unspecified atom stereocenters. The molecule has 1 heterocycles. The van der Waals surface area contributed by atoms with Gasteiger partial charge in [0.2, 0.25) is 5.91 Å². The number of ether oxygens (including phenoxy) is 1. The molecule has 23 heavy (non-hydrogen) atoms. The van der Waals surface area contributed by atoms with Crippen LogP contribution >= 0.6 is 0 Å². The third kappa shape index (κ3) is 6.16. The molecule has 0 atom stereocenters.